The zero-order valence-corrected chi connectivity index (χ0v) is 17.7. The Morgan fingerprint density at radius 3 is 2.81 bits per heavy atom. The summed E-state index contributed by atoms with van der Waals surface area (Å²) in [4.78, 5) is 28.7. The summed E-state index contributed by atoms with van der Waals surface area (Å²) in [5.74, 6) is 0.710. The van der Waals surface area contributed by atoms with Gasteiger partial charge in [0.1, 0.15) is 11.5 Å². The van der Waals surface area contributed by atoms with Gasteiger partial charge in [0.2, 0.25) is 0 Å². The summed E-state index contributed by atoms with van der Waals surface area (Å²) in [6, 6.07) is 1.44. The molecule has 32 heavy (non-hydrogen) atoms. The van der Waals surface area contributed by atoms with Gasteiger partial charge in [-0.25, -0.2) is 18.9 Å². The van der Waals surface area contributed by atoms with Crippen LogP contribution in [-0.2, 0) is 11.2 Å². The molecule has 1 unspecified atom stereocenters. The van der Waals surface area contributed by atoms with Gasteiger partial charge in [-0.2, -0.15) is 0 Å². The summed E-state index contributed by atoms with van der Waals surface area (Å²) in [5.41, 5.74) is 2.36. The Labute approximate surface area is 184 Å². The van der Waals surface area contributed by atoms with Crippen LogP contribution < -0.4 is 0 Å². The largest absolute Gasteiger partial charge is 0.481 e. The fourth-order valence-corrected chi connectivity index (χ4v) is 6.09. The number of carbonyl (C=O) groups is 1. The molecule has 4 heterocycles. The van der Waals surface area contributed by atoms with E-state index in [1.807, 2.05) is 6.20 Å². The molecule has 1 aliphatic heterocycles. The highest BCUT2D eigenvalue weighted by Crippen LogP contribution is 2.48. The molecule has 2 N–H and O–H groups in total. The lowest BCUT2D eigenvalue weighted by Gasteiger charge is -2.45. The Morgan fingerprint density at radius 1 is 1.19 bits per heavy atom. The molecular weight excluding hydrogens is 409 g/mol. The molecule has 4 aliphatic rings. The first-order valence-electron chi connectivity index (χ1n) is 11.4. The van der Waals surface area contributed by atoms with E-state index in [1.54, 1.807) is 6.20 Å². The van der Waals surface area contributed by atoms with Crippen molar-refractivity contribution in [1.29, 1.82) is 0 Å². The summed E-state index contributed by atoms with van der Waals surface area (Å²) in [7, 11) is 0. The number of hydrogen-bond acceptors (Lipinski definition) is 4. The van der Waals surface area contributed by atoms with Gasteiger partial charge < -0.3 is 10.1 Å². The highest BCUT2D eigenvalue weighted by atomic mass is 19.1. The molecule has 2 bridgehead atoms. The Kier molecular flexibility index (Phi) is 4.55. The highest BCUT2D eigenvalue weighted by molar-refractivity contribution is 5.91. The number of H-pyrrole nitrogens is 1. The number of aryl methyl sites for hydroxylation is 1. The maximum atomic E-state index is 13.8. The number of rotatable bonds is 3. The van der Waals surface area contributed by atoms with Crippen molar-refractivity contribution in [3.05, 3.63) is 36.0 Å². The molecule has 2 atom stereocenters. The van der Waals surface area contributed by atoms with Gasteiger partial charge in [-0.15, -0.1) is 0 Å². The summed E-state index contributed by atoms with van der Waals surface area (Å²) in [6.07, 6.45) is 13.1. The molecule has 0 spiro atoms. The zero-order chi connectivity index (χ0) is 21.8. The molecule has 7 nitrogen and oxygen atoms in total. The number of carboxylic acids is 1. The lowest BCUT2D eigenvalue weighted by Crippen LogP contribution is -2.46. The Balaban J connectivity index is 1.43. The molecule has 3 aliphatic carbocycles. The highest BCUT2D eigenvalue weighted by Gasteiger charge is 2.47. The molecule has 0 saturated heterocycles. The maximum absolute atomic E-state index is 13.8. The van der Waals surface area contributed by atoms with Crippen molar-refractivity contribution in [2.24, 2.45) is 23.7 Å². The third-order valence-electron chi connectivity index (χ3n) is 7.62. The van der Waals surface area contributed by atoms with Crippen LogP contribution in [0.1, 0.15) is 37.7 Å². The normalized spacial score (nSPS) is 28.2. The van der Waals surface area contributed by atoms with E-state index >= 15 is 0 Å². The number of fused-ring (bicyclic) bond motifs is 5. The fourth-order valence-electron chi connectivity index (χ4n) is 6.09. The van der Waals surface area contributed by atoms with E-state index in [1.165, 1.54) is 12.3 Å². The molecule has 3 saturated carbocycles. The van der Waals surface area contributed by atoms with E-state index in [0.717, 1.165) is 56.5 Å². The monoisotopic (exact) mass is 434 g/mol. The van der Waals surface area contributed by atoms with Crippen molar-refractivity contribution in [3.8, 4) is 11.4 Å². The van der Waals surface area contributed by atoms with Crippen molar-refractivity contribution >= 4 is 29.0 Å². The first-order chi connectivity index (χ1) is 15.6. The van der Waals surface area contributed by atoms with E-state index in [2.05, 4.69) is 25.7 Å². The smallest absolute Gasteiger partial charge is 0.330 e. The topological polar surface area (TPSA) is 94.8 Å². The molecule has 3 fully saturated rings. The minimum atomic E-state index is -0.672. The maximum Gasteiger partial charge on any atom is 0.330 e. The predicted molar refractivity (Wildman–Crippen MR) is 116 cm³/mol. The third kappa shape index (κ3) is 3.12. The second-order valence-corrected chi connectivity index (χ2v) is 9.36. The van der Waals surface area contributed by atoms with Gasteiger partial charge in [0.15, 0.2) is 0 Å². The lowest BCUT2D eigenvalue weighted by atomic mass is 9.59. The molecule has 8 heteroatoms. The van der Waals surface area contributed by atoms with Gasteiger partial charge in [0.25, 0.3) is 5.82 Å². The van der Waals surface area contributed by atoms with Gasteiger partial charge in [-0.1, -0.05) is 0 Å². The fraction of sp³-hybridized carbons (Fsp3) is 0.458. The first kappa shape index (κ1) is 19.5. The van der Waals surface area contributed by atoms with Crippen LogP contribution in [0.25, 0.3) is 22.4 Å². The predicted octanol–water partition coefficient (Wildman–Crippen LogP) is 3.96. The van der Waals surface area contributed by atoms with E-state index in [4.69, 9.17) is 4.98 Å². The number of carboxylic acid groups (broad SMARTS) is 1. The minimum absolute atomic E-state index is 0.0377. The summed E-state index contributed by atoms with van der Waals surface area (Å²) in [6.45, 7) is 0.813. The Bertz CT molecular complexity index is 1240. The average Bonchev–Trinajstić information content (AvgIpc) is 3.22. The number of nitrogens with zero attached hydrogens (tertiary/aromatic N) is 4. The van der Waals surface area contributed by atoms with Gasteiger partial charge in [-0.3, -0.25) is 4.79 Å². The average molecular weight is 434 g/mol. The van der Waals surface area contributed by atoms with Gasteiger partial charge in [0, 0.05) is 23.7 Å². The Hall–Kier alpha value is -3.16. The number of aromatic nitrogens is 4. The standard InChI is InChI=1S/C24H24FN5O2/c25-16-8-17-18(11-28-21(17)27-10-16)22-26-9-15-2-1-7-30(23(15)29-22)12-19-13-3-5-14(6-4-13)20(19)24(31)32/h8-14,19-20H,1-7H2,(H-,26,27,28,29,31,32)/p+1/t13?,14?,19?,20-/m1/s1. The Morgan fingerprint density at radius 2 is 2.00 bits per heavy atom. The number of pyridine rings is 1. The summed E-state index contributed by atoms with van der Waals surface area (Å²) >= 11 is 0. The third-order valence-corrected chi connectivity index (χ3v) is 7.62. The van der Waals surface area contributed by atoms with E-state index in [0.29, 0.717) is 28.3 Å². The second kappa shape index (κ2) is 7.46. The molecule has 0 amide bonds. The summed E-state index contributed by atoms with van der Waals surface area (Å²) < 4.78 is 16.0. The second-order valence-electron chi connectivity index (χ2n) is 9.36. The number of halogens is 1. The summed E-state index contributed by atoms with van der Waals surface area (Å²) in [5, 5.41) is 10.6. The van der Waals surface area contributed by atoms with Crippen molar-refractivity contribution < 1.29 is 18.9 Å². The molecule has 7 rings (SSSR count). The molecule has 0 aromatic carbocycles. The van der Waals surface area contributed by atoms with Crippen molar-refractivity contribution in [3.63, 3.8) is 0 Å². The SMILES string of the molecule is O=C(O)[C@@H]1C2CCC(CC2)C1C=[N+]1CCCc2cnc(-c3c[nH]c4ncc(F)cc34)nc21. The number of nitrogens with one attached hydrogen (secondary N) is 1. The van der Waals surface area contributed by atoms with E-state index < -0.39 is 11.8 Å². The number of hydrogen-bond donors (Lipinski definition) is 2. The van der Waals surface area contributed by atoms with Crippen LogP contribution in [0.5, 0.6) is 0 Å². The van der Waals surface area contributed by atoms with Crippen LogP contribution >= 0.6 is 0 Å². The van der Waals surface area contributed by atoms with Crippen LogP contribution in [0, 0.1) is 29.5 Å². The van der Waals surface area contributed by atoms with Gasteiger partial charge in [0.05, 0.1) is 36.0 Å². The van der Waals surface area contributed by atoms with Crippen LogP contribution in [0.2, 0.25) is 0 Å². The quantitative estimate of drug-likeness (QED) is 0.609. The van der Waals surface area contributed by atoms with Crippen molar-refractivity contribution in [2.75, 3.05) is 6.54 Å². The van der Waals surface area contributed by atoms with E-state index in [-0.39, 0.29) is 17.8 Å². The minimum Gasteiger partial charge on any atom is -0.481 e. The lowest BCUT2D eigenvalue weighted by molar-refractivity contribution is -0.449. The van der Waals surface area contributed by atoms with Gasteiger partial charge >= 0.3 is 11.8 Å². The molecule has 0 radical (unpaired) electrons. The molecule has 3 aromatic rings. The van der Waals surface area contributed by atoms with Crippen LogP contribution in [-0.4, -0.2) is 48.3 Å². The van der Waals surface area contributed by atoms with E-state index in [9.17, 15) is 14.3 Å². The van der Waals surface area contributed by atoms with Crippen molar-refractivity contribution in [1.82, 2.24) is 19.9 Å². The van der Waals surface area contributed by atoms with Crippen LogP contribution in [0.15, 0.2) is 24.7 Å². The van der Waals surface area contributed by atoms with Crippen LogP contribution in [0.3, 0.4) is 0 Å². The number of aromatic amines is 1. The molecular formula is C24H25FN5O2+. The van der Waals surface area contributed by atoms with Crippen LogP contribution in [0.4, 0.5) is 10.2 Å². The molecule has 164 valence electrons. The number of aliphatic carboxylic acids is 1. The molecule has 3 aromatic heterocycles. The first-order valence-corrected chi connectivity index (χ1v) is 11.4. The van der Waals surface area contributed by atoms with Gasteiger partial charge in [-0.05, 0) is 61.4 Å². The van der Waals surface area contributed by atoms with Crippen molar-refractivity contribution in [2.45, 2.75) is 38.5 Å². The zero-order valence-electron chi connectivity index (χ0n) is 17.7.